The molecular weight excluding hydrogens is 276 g/mol. The van der Waals surface area contributed by atoms with Crippen molar-refractivity contribution in [1.82, 2.24) is 0 Å². The summed E-state index contributed by atoms with van der Waals surface area (Å²) in [4.78, 5) is 12.4. The third kappa shape index (κ3) is 2.30. The summed E-state index contributed by atoms with van der Waals surface area (Å²) in [7, 11) is 1.55. The second kappa shape index (κ2) is 5.27. The van der Waals surface area contributed by atoms with Crippen molar-refractivity contribution in [2.24, 2.45) is 0 Å². The number of para-hydroxylation sites is 1. The monoisotopic (exact) mass is 288 g/mol. The number of methoxy groups -OCH3 is 1. The van der Waals surface area contributed by atoms with E-state index in [0.29, 0.717) is 16.3 Å². The molecule has 0 aliphatic carbocycles. The predicted octanol–water partition coefficient (Wildman–Crippen LogP) is 3.67. The van der Waals surface area contributed by atoms with Gasteiger partial charge in [0.05, 0.1) is 12.7 Å². The van der Waals surface area contributed by atoms with E-state index in [2.05, 4.69) is 0 Å². The first kappa shape index (κ1) is 13.2. The largest absolute Gasteiger partial charge is 0.496 e. The second-order valence-corrected chi connectivity index (χ2v) is 4.97. The Morgan fingerprint density at radius 1 is 1.15 bits per heavy atom. The average molecular weight is 289 g/mol. The van der Waals surface area contributed by atoms with E-state index in [1.807, 2.05) is 30.3 Å². The van der Waals surface area contributed by atoms with Gasteiger partial charge < -0.3 is 9.47 Å². The fourth-order valence-corrected chi connectivity index (χ4v) is 2.50. The molecular formula is C16H13ClO3. The van der Waals surface area contributed by atoms with Gasteiger partial charge in [-0.15, -0.1) is 0 Å². The highest BCUT2D eigenvalue weighted by molar-refractivity contribution is 6.31. The van der Waals surface area contributed by atoms with Gasteiger partial charge in [0.2, 0.25) is 0 Å². The fraction of sp³-hybridized carbons (Fsp3) is 0.188. The highest BCUT2D eigenvalue weighted by atomic mass is 35.5. The number of ether oxygens (including phenoxy) is 2. The summed E-state index contributed by atoms with van der Waals surface area (Å²) in [5.41, 5.74) is 1.39. The molecule has 0 saturated carbocycles. The normalized spacial score (nSPS) is 20.5. The minimum absolute atomic E-state index is 0.0765. The maximum absolute atomic E-state index is 12.4. The minimum atomic E-state index is -0.480. The van der Waals surface area contributed by atoms with E-state index >= 15 is 0 Å². The van der Waals surface area contributed by atoms with E-state index in [1.165, 1.54) is 0 Å². The molecule has 1 saturated heterocycles. The van der Waals surface area contributed by atoms with Crippen LogP contribution in [-0.4, -0.2) is 19.0 Å². The molecule has 20 heavy (non-hydrogen) atoms. The molecule has 1 fully saturated rings. The molecule has 3 nitrogen and oxygen atoms in total. The van der Waals surface area contributed by atoms with Gasteiger partial charge in [0.1, 0.15) is 11.9 Å². The zero-order valence-electron chi connectivity index (χ0n) is 10.9. The number of carbonyl (C=O) groups excluding carboxylic acids is 1. The summed E-state index contributed by atoms with van der Waals surface area (Å²) in [6.45, 7) is 0. The molecule has 0 aromatic heterocycles. The first-order valence-corrected chi connectivity index (χ1v) is 6.67. The first-order valence-electron chi connectivity index (χ1n) is 6.29. The van der Waals surface area contributed by atoms with Crippen molar-refractivity contribution in [2.45, 2.75) is 12.2 Å². The van der Waals surface area contributed by atoms with Gasteiger partial charge in [-0.25, -0.2) is 0 Å². The van der Waals surface area contributed by atoms with Crippen LogP contribution >= 0.6 is 11.6 Å². The average Bonchev–Trinajstić information content (AvgIpc) is 3.27. The molecule has 2 unspecified atom stereocenters. The Balaban J connectivity index is 1.83. The lowest BCUT2D eigenvalue weighted by molar-refractivity contribution is 0.0950. The van der Waals surface area contributed by atoms with Crippen LogP contribution in [-0.2, 0) is 4.74 Å². The van der Waals surface area contributed by atoms with E-state index in [0.717, 1.165) is 5.56 Å². The Morgan fingerprint density at radius 2 is 1.85 bits per heavy atom. The van der Waals surface area contributed by atoms with E-state index < -0.39 is 6.10 Å². The van der Waals surface area contributed by atoms with E-state index in [4.69, 9.17) is 21.1 Å². The number of ketones is 1. The third-order valence-corrected chi connectivity index (χ3v) is 3.68. The predicted molar refractivity (Wildman–Crippen MR) is 76.4 cm³/mol. The van der Waals surface area contributed by atoms with Crippen LogP contribution in [0.4, 0.5) is 0 Å². The van der Waals surface area contributed by atoms with Crippen molar-refractivity contribution >= 4 is 17.4 Å². The van der Waals surface area contributed by atoms with Gasteiger partial charge in [-0.1, -0.05) is 41.9 Å². The molecule has 2 atom stereocenters. The fourth-order valence-electron chi connectivity index (χ4n) is 2.26. The summed E-state index contributed by atoms with van der Waals surface area (Å²) < 4.78 is 10.7. The molecule has 2 aromatic carbocycles. The molecule has 0 amide bonds. The SMILES string of the molecule is COc1ccccc1C(=O)C1OC1c1ccccc1Cl. The highest BCUT2D eigenvalue weighted by Crippen LogP contribution is 2.44. The molecule has 0 bridgehead atoms. The van der Waals surface area contributed by atoms with Crippen molar-refractivity contribution in [2.75, 3.05) is 7.11 Å². The van der Waals surface area contributed by atoms with Crippen LogP contribution < -0.4 is 4.74 Å². The molecule has 0 radical (unpaired) electrons. The quantitative estimate of drug-likeness (QED) is 0.636. The van der Waals surface area contributed by atoms with Gasteiger partial charge in [-0.2, -0.15) is 0 Å². The van der Waals surface area contributed by atoms with Gasteiger partial charge in [0.25, 0.3) is 0 Å². The number of rotatable bonds is 4. The smallest absolute Gasteiger partial charge is 0.198 e. The number of halogens is 1. The summed E-state index contributed by atoms with van der Waals surface area (Å²) in [5.74, 6) is 0.485. The maximum Gasteiger partial charge on any atom is 0.198 e. The maximum atomic E-state index is 12.4. The molecule has 0 N–H and O–H groups in total. The van der Waals surface area contributed by atoms with Crippen LogP contribution in [0.5, 0.6) is 5.75 Å². The van der Waals surface area contributed by atoms with Gasteiger partial charge in [-0.3, -0.25) is 4.79 Å². The van der Waals surface area contributed by atoms with Gasteiger partial charge >= 0.3 is 0 Å². The molecule has 3 rings (SSSR count). The van der Waals surface area contributed by atoms with Crippen LogP contribution in [0.1, 0.15) is 22.0 Å². The Kier molecular flexibility index (Phi) is 3.47. The van der Waals surface area contributed by atoms with E-state index in [9.17, 15) is 4.79 Å². The summed E-state index contributed by atoms with van der Waals surface area (Å²) in [5, 5.41) is 0.618. The lowest BCUT2D eigenvalue weighted by Crippen LogP contribution is -2.09. The molecule has 2 aromatic rings. The van der Waals surface area contributed by atoms with Crippen LogP contribution in [0.25, 0.3) is 0 Å². The van der Waals surface area contributed by atoms with E-state index in [-0.39, 0.29) is 11.9 Å². The van der Waals surface area contributed by atoms with Gasteiger partial charge in [0, 0.05) is 10.6 Å². The third-order valence-electron chi connectivity index (χ3n) is 3.33. The van der Waals surface area contributed by atoms with Crippen molar-refractivity contribution in [3.8, 4) is 5.75 Å². The molecule has 1 aliphatic heterocycles. The van der Waals surface area contributed by atoms with Crippen molar-refractivity contribution < 1.29 is 14.3 Å². The highest BCUT2D eigenvalue weighted by Gasteiger charge is 2.47. The van der Waals surface area contributed by atoms with Crippen LogP contribution in [0.15, 0.2) is 48.5 Å². The molecule has 102 valence electrons. The molecule has 1 aliphatic rings. The first-order chi connectivity index (χ1) is 9.72. The Bertz CT molecular complexity index is 654. The molecule has 0 spiro atoms. The number of carbonyl (C=O) groups is 1. The van der Waals surface area contributed by atoms with Crippen molar-refractivity contribution in [3.63, 3.8) is 0 Å². The summed E-state index contributed by atoms with van der Waals surface area (Å²) in [6, 6.07) is 14.6. The number of benzene rings is 2. The lowest BCUT2D eigenvalue weighted by Gasteiger charge is -2.05. The zero-order chi connectivity index (χ0) is 14.1. The summed E-state index contributed by atoms with van der Waals surface area (Å²) in [6.07, 6.45) is -0.743. The topological polar surface area (TPSA) is 38.8 Å². The Labute approximate surface area is 122 Å². The Morgan fingerprint density at radius 3 is 2.60 bits per heavy atom. The number of epoxide rings is 1. The van der Waals surface area contributed by atoms with Gasteiger partial charge in [0.15, 0.2) is 11.9 Å². The van der Waals surface area contributed by atoms with Crippen LogP contribution in [0.2, 0.25) is 5.02 Å². The second-order valence-electron chi connectivity index (χ2n) is 4.56. The zero-order valence-corrected chi connectivity index (χ0v) is 11.6. The number of Topliss-reactive ketones (excluding diaryl/α,β-unsaturated/α-hetero) is 1. The van der Waals surface area contributed by atoms with Crippen molar-refractivity contribution in [1.29, 1.82) is 0 Å². The Hall–Kier alpha value is -1.84. The number of hydrogen-bond acceptors (Lipinski definition) is 3. The molecule has 4 heteroatoms. The standard InChI is InChI=1S/C16H13ClO3/c1-19-13-9-5-3-7-11(13)14(18)16-15(20-16)10-6-2-4-8-12(10)17/h2-9,15-16H,1H3. The number of hydrogen-bond donors (Lipinski definition) is 0. The van der Waals surface area contributed by atoms with Crippen molar-refractivity contribution in [3.05, 3.63) is 64.7 Å². The van der Waals surface area contributed by atoms with E-state index in [1.54, 1.807) is 25.3 Å². The molecule has 1 heterocycles. The minimum Gasteiger partial charge on any atom is -0.496 e. The van der Waals surface area contributed by atoms with Gasteiger partial charge in [-0.05, 0) is 18.2 Å². The van der Waals surface area contributed by atoms with Crippen LogP contribution in [0.3, 0.4) is 0 Å². The lowest BCUT2D eigenvalue weighted by atomic mass is 10.0. The van der Waals surface area contributed by atoms with Crippen LogP contribution in [0, 0.1) is 0 Å². The summed E-state index contributed by atoms with van der Waals surface area (Å²) >= 11 is 6.12.